The Labute approximate surface area is 169 Å². The highest BCUT2D eigenvalue weighted by molar-refractivity contribution is 5.82. The highest BCUT2D eigenvalue weighted by atomic mass is 16.5. The zero-order valence-corrected chi connectivity index (χ0v) is 16.8. The van der Waals surface area contributed by atoms with Gasteiger partial charge in [-0.3, -0.25) is 4.79 Å². The van der Waals surface area contributed by atoms with Crippen LogP contribution in [0.25, 0.3) is 5.65 Å². The molecule has 2 aromatic heterocycles. The van der Waals surface area contributed by atoms with Crippen LogP contribution in [-0.2, 0) is 11.2 Å². The maximum Gasteiger partial charge on any atom is 0.264 e. The molecule has 3 atom stereocenters. The molecule has 3 aromatic rings. The van der Waals surface area contributed by atoms with Crippen molar-refractivity contribution in [1.82, 2.24) is 19.5 Å². The van der Waals surface area contributed by atoms with Crippen molar-refractivity contribution in [3.05, 3.63) is 53.5 Å². The van der Waals surface area contributed by atoms with Crippen LogP contribution in [0.5, 0.6) is 11.5 Å². The van der Waals surface area contributed by atoms with Crippen LogP contribution in [0.3, 0.4) is 0 Å². The molecule has 2 aliphatic rings. The SMILES string of the molecule is COc1ccccc1O[C@H](C)C(=O)N1[C@@H]2CC[C@H]1c1cnc3cc(C)nn3c1C2. The van der Waals surface area contributed by atoms with E-state index in [1.807, 2.05) is 59.8 Å². The summed E-state index contributed by atoms with van der Waals surface area (Å²) >= 11 is 0. The summed E-state index contributed by atoms with van der Waals surface area (Å²) in [7, 11) is 1.60. The second-order valence-corrected chi connectivity index (χ2v) is 7.82. The largest absolute Gasteiger partial charge is 0.493 e. The molecule has 0 saturated carbocycles. The molecule has 7 nitrogen and oxygen atoms in total. The first-order valence-electron chi connectivity index (χ1n) is 10.0. The molecule has 7 heteroatoms. The van der Waals surface area contributed by atoms with Crippen molar-refractivity contribution in [1.29, 1.82) is 0 Å². The van der Waals surface area contributed by atoms with Gasteiger partial charge < -0.3 is 14.4 Å². The summed E-state index contributed by atoms with van der Waals surface area (Å²) in [5, 5.41) is 4.62. The maximum absolute atomic E-state index is 13.4. The molecule has 2 aliphatic heterocycles. The van der Waals surface area contributed by atoms with E-state index in [4.69, 9.17) is 9.47 Å². The third-order valence-corrected chi connectivity index (χ3v) is 6.00. The van der Waals surface area contributed by atoms with Crippen molar-refractivity contribution in [3.63, 3.8) is 0 Å². The summed E-state index contributed by atoms with van der Waals surface area (Å²) in [5.74, 6) is 1.21. The number of para-hydroxylation sites is 2. The first kappa shape index (κ1) is 18.0. The first-order valence-corrected chi connectivity index (χ1v) is 10.0. The lowest BCUT2D eigenvalue weighted by Crippen LogP contribution is -2.47. The van der Waals surface area contributed by atoms with Crippen LogP contribution in [0, 0.1) is 6.92 Å². The highest BCUT2D eigenvalue weighted by Gasteiger charge is 2.45. The van der Waals surface area contributed by atoms with E-state index < -0.39 is 6.10 Å². The van der Waals surface area contributed by atoms with Gasteiger partial charge in [0.05, 0.1) is 24.5 Å². The minimum absolute atomic E-state index is 0.00537. The summed E-state index contributed by atoms with van der Waals surface area (Å²) in [6, 6.07) is 9.59. The lowest BCUT2D eigenvalue weighted by molar-refractivity contribution is -0.141. The number of amides is 1. The lowest BCUT2D eigenvalue weighted by Gasteiger charge is -2.37. The van der Waals surface area contributed by atoms with Crippen LogP contribution in [0.2, 0.25) is 0 Å². The predicted molar refractivity (Wildman–Crippen MR) is 107 cm³/mol. The Bertz CT molecular complexity index is 1090. The van der Waals surface area contributed by atoms with Gasteiger partial charge >= 0.3 is 0 Å². The third-order valence-electron chi connectivity index (χ3n) is 6.00. The minimum atomic E-state index is -0.598. The Balaban J connectivity index is 1.43. The second-order valence-electron chi connectivity index (χ2n) is 7.82. The van der Waals surface area contributed by atoms with Crippen LogP contribution in [0.15, 0.2) is 36.5 Å². The number of rotatable bonds is 4. The Morgan fingerprint density at radius 3 is 2.83 bits per heavy atom. The van der Waals surface area contributed by atoms with Crippen LogP contribution in [0.4, 0.5) is 0 Å². The second kappa shape index (κ2) is 6.76. The lowest BCUT2D eigenvalue weighted by atomic mass is 9.98. The Kier molecular flexibility index (Phi) is 4.19. The number of carbonyl (C=O) groups excluding carboxylic acids is 1. The number of fused-ring (bicyclic) bond motifs is 6. The van der Waals surface area contributed by atoms with E-state index in [2.05, 4.69) is 10.1 Å². The average Bonchev–Trinajstić information content (AvgIpc) is 3.26. The van der Waals surface area contributed by atoms with E-state index in [1.54, 1.807) is 7.11 Å². The Morgan fingerprint density at radius 2 is 2.03 bits per heavy atom. The van der Waals surface area contributed by atoms with Crippen molar-refractivity contribution in [2.45, 2.75) is 51.3 Å². The van der Waals surface area contributed by atoms with Gasteiger partial charge in [-0.05, 0) is 38.8 Å². The molecule has 1 fully saturated rings. The molecule has 1 aromatic carbocycles. The Hall–Kier alpha value is -3.09. The molecule has 1 amide bonds. The Morgan fingerprint density at radius 1 is 1.24 bits per heavy atom. The normalized spacial score (nSPS) is 21.1. The standard InChI is InChI=1S/C22H24N4O3/c1-13-10-21-23-12-16-17-9-8-15(11-18(16)26(21)24-13)25(17)22(27)14(2)29-20-7-5-4-6-19(20)28-3/h4-7,10,12,14-15,17H,8-9,11H2,1-3H3/t14-,15-,17+/m1/s1. The highest BCUT2D eigenvalue weighted by Crippen LogP contribution is 2.44. The van der Waals surface area contributed by atoms with Crippen LogP contribution < -0.4 is 9.47 Å². The monoisotopic (exact) mass is 392 g/mol. The predicted octanol–water partition coefficient (Wildman–Crippen LogP) is 3.10. The van der Waals surface area contributed by atoms with Crippen molar-refractivity contribution in [3.8, 4) is 11.5 Å². The summed E-state index contributed by atoms with van der Waals surface area (Å²) < 4.78 is 13.3. The summed E-state index contributed by atoms with van der Waals surface area (Å²) in [4.78, 5) is 19.9. The summed E-state index contributed by atoms with van der Waals surface area (Å²) in [5.41, 5.74) is 4.11. The van der Waals surface area contributed by atoms with Crippen LogP contribution >= 0.6 is 0 Å². The number of ether oxygens (including phenoxy) is 2. The van der Waals surface area contributed by atoms with Gasteiger partial charge in [-0.1, -0.05) is 12.1 Å². The molecule has 29 heavy (non-hydrogen) atoms. The minimum Gasteiger partial charge on any atom is -0.493 e. The van der Waals surface area contributed by atoms with Crippen LogP contribution in [-0.4, -0.2) is 44.7 Å². The van der Waals surface area contributed by atoms with Crippen molar-refractivity contribution < 1.29 is 14.3 Å². The van der Waals surface area contributed by atoms with Gasteiger partial charge in [0.2, 0.25) is 0 Å². The molecule has 4 heterocycles. The molecule has 150 valence electrons. The van der Waals surface area contributed by atoms with Crippen molar-refractivity contribution >= 4 is 11.6 Å². The zero-order chi connectivity index (χ0) is 20.1. The van der Waals surface area contributed by atoms with Crippen LogP contribution in [0.1, 0.15) is 42.8 Å². The van der Waals surface area contributed by atoms with E-state index in [0.29, 0.717) is 11.5 Å². The fourth-order valence-corrected chi connectivity index (χ4v) is 4.70. The quantitative estimate of drug-likeness (QED) is 0.682. The molecule has 0 N–H and O–H groups in total. The number of hydrogen-bond acceptors (Lipinski definition) is 5. The molecule has 0 radical (unpaired) electrons. The van der Waals surface area contributed by atoms with Gasteiger partial charge in [0, 0.05) is 30.3 Å². The molecule has 0 aliphatic carbocycles. The first-order chi connectivity index (χ1) is 14.1. The molecular formula is C22H24N4O3. The fraction of sp³-hybridized carbons (Fsp3) is 0.409. The number of benzene rings is 1. The van der Waals surface area contributed by atoms with Gasteiger partial charge in [0.1, 0.15) is 0 Å². The third kappa shape index (κ3) is 2.84. The molecule has 1 saturated heterocycles. The maximum atomic E-state index is 13.4. The topological polar surface area (TPSA) is 69.0 Å². The van der Waals surface area contributed by atoms with Gasteiger partial charge in [-0.15, -0.1) is 0 Å². The molecule has 0 spiro atoms. The number of nitrogens with zero attached hydrogens (tertiary/aromatic N) is 4. The number of aryl methyl sites for hydroxylation is 1. The van der Waals surface area contributed by atoms with E-state index in [9.17, 15) is 4.79 Å². The van der Waals surface area contributed by atoms with E-state index in [1.165, 1.54) is 5.69 Å². The summed E-state index contributed by atoms with van der Waals surface area (Å²) in [6.45, 7) is 3.78. The number of hydrogen-bond donors (Lipinski definition) is 0. The summed E-state index contributed by atoms with van der Waals surface area (Å²) in [6.07, 6.45) is 4.04. The van der Waals surface area contributed by atoms with Gasteiger partial charge in [0.15, 0.2) is 23.3 Å². The molecule has 5 rings (SSSR count). The number of methoxy groups -OCH3 is 1. The smallest absolute Gasteiger partial charge is 0.264 e. The average molecular weight is 392 g/mol. The number of carbonyl (C=O) groups is 1. The molecule has 0 unspecified atom stereocenters. The van der Waals surface area contributed by atoms with Gasteiger partial charge in [0.25, 0.3) is 5.91 Å². The van der Waals surface area contributed by atoms with E-state index >= 15 is 0 Å². The van der Waals surface area contributed by atoms with Crippen molar-refractivity contribution in [2.24, 2.45) is 0 Å². The van der Waals surface area contributed by atoms with Gasteiger partial charge in [-0.25, -0.2) is 9.50 Å². The number of aromatic nitrogens is 3. The van der Waals surface area contributed by atoms with E-state index in [-0.39, 0.29) is 18.0 Å². The van der Waals surface area contributed by atoms with Crippen molar-refractivity contribution in [2.75, 3.05) is 7.11 Å². The zero-order valence-electron chi connectivity index (χ0n) is 16.8. The molecule has 2 bridgehead atoms. The fourth-order valence-electron chi connectivity index (χ4n) is 4.70. The van der Waals surface area contributed by atoms with E-state index in [0.717, 1.165) is 36.2 Å². The molecular weight excluding hydrogens is 368 g/mol. The van der Waals surface area contributed by atoms with Gasteiger partial charge in [-0.2, -0.15) is 5.10 Å².